The van der Waals surface area contributed by atoms with E-state index < -0.39 is 17.3 Å². The third kappa shape index (κ3) is 5.00. The second kappa shape index (κ2) is 9.34. The van der Waals surface area contributed by atoms with Gasteiger partial charge in [0.05, 0.1) is 11.7 Å². The van der Waals surface area contributed by atoms with Gasteiger partial charge in [-0.15, -0.1) is 0 Å². The molecule has 0 spiro atoms. The maximum atomic E-state index is 12.4. The molecule has 0 N–H and O–H groups in total. The number of carbonyl (C=O) groups is 1. The summed E-state index contributed by atoms with van der Waals surface area (Å²) in [6, 6.07) is 12.9. The molecule has 0 aliphatic heterocycles. The van der Waals surface area contributed by atoms with Crippen LogP contribution in [0.2, 0.25) is 0 Å². The van der Waals surface area contributed by atoms with Crippen molar-refractivity contribution in [3.8, 4) is 0 Å². The first-order chi connectivity index (χ1) is 13.1. The predicted molar refractivity (Wildman–Crippen MR) is 115 cm³/mol. The van der Waals surface area contributed by atoms with E-state index in [1.807, 2.05) is 77.1 Å². The van der Waals surface area contributed by atoms with Gasteiger partial charge in [-0.3, -0.25) is 13.3 Å². The zero-order valence-electron chi connectivity index (χ0n) is 17.4. The molecular weight excluding hydrogens is 372 g/mol. The van der Waals surface area contributed by atoms with Gasteiger partial charge in [-0.2, -0.15) is 0 Å². The Morgan fingerprint density at radius 1 is 1.07 bits per heavy atom. The van der Waals surface area contributed by atoms with E-state index in [1.165, 1.54) is 11.2 Å². The molecule has 0 saturated heterocycles. The average molecular weight is 402 g/mol. The van der Waals surface area contributed by atoms with Crippen molar-refractivity contribution < 1.29 is 13.6 Å². The lowest BCUT2D eigenvalue weighted by Crippen LogP contribution is -2.49. The molecule has 0 radical (unpaired) electrons. The van der Waals surface area contributed by atoms with E-state index in [-0.39, 0.29) is 18.4 Å². The fraction of sp³-hybridized carbons (Fsp3) is 0.409. The highest BCUT2D eigenvalue weighted by Gasteiger charge is 2.29. The summed E-state index contributed by atoms with van der Waals surface area (Å²) < 4.78 is 26.1. The van der Waals surface area contributed by atoms with Crippen LogP contribution in [0.25, 0.3) is 0 Å². The number of para-hydroxylation sites is 1. The zero-order chi connectivity index (χ0) is 21.0. The molecule has 0 aliphatic rings. The zero-order valence-corrected chi connectivity index (χ0v) is 18.2. The molecule has 0 bridgehead atoms. The first-order valence-corrected chi connectivity index (χ1v) is 10.5. The topological polar surface area (TPSA) is 63.7 Å². The third-order valence-corrected chi connectivity index (χ3v) is 5.68. The Labute approximate surface area is 170 Å². The van der Waals surface area contributed by atoms with Crippen molar-refractivity contribution in [2.45, 2.75) is 47.6 Å². The van der Waals surface area contributed by atoms with Crippen LogP contribution < -0.4 is 9.21 Å². The number of aryl methyl sites for hydroxylation is 3. The predicted octanol–water partition coefficient (Wildman–Crippen LogP) is 4.29. The number of hydrogen-bond acceptors (Lipinski definition) is 3. The second-order valence-electron chi connectivity index (χ2n) is 7.57. The highest BCUT2D eigenvalue weighted by Crippen LogP contribution is 2.32. The highest BCUT2D eigenvalue weighted by molar-refractivity contribution is 7.80. The summed E-state index contributed by atoms with van der Waals surface area (Å²) in [6.07, 6.45) is 0. The van der Waals surface area contributed by atoms with Crippen molar-refractivity contribution in [3.05, 3.63) is 59.2 Å². The largest absolute Gasteiger partial charge is 0.755 e. The van der Waals surface area contributed by atoms with Gasteiger partial charge in [0.15, 0.2) is 0 Å². The monoisotopic (exact) mass is 401 g/mol. The molecule has 5 nitrogen and oxygen atoms in total. The summed E-state index contributed by atoms with van der Waals surface area (Å²) >= 11 is -2.47. The Bertz CT molecular complexity index is 829. The fourth-order valence-electron chi connectivity index (χ4n) is 3.64. The van der Waals surface area contributed by atoms with E-state index in [9.17, 15) is 13.6 Å². The SMILES string of the molecule is CC(=O)N(CC(C(C)C)N(c1c(C)cc(C)cc1C)S(=O)[O-])c1ccccc1. The van der Waals surface area contributed by atoms with Gasteiger partial charge in [0, 0.05) is 30.4 Å². The number of benzene rings is 2. The quantitative estimate of drug-likeness (QED) is 0.650. The van der Waals surface area contributed by atoms with E-state index in [2.05, 4.69) is 0 Å². The minimum absolute atomic E-state index is 0.00330. The molecule has 0 fully saturated rings. The van der Waals surface area contributed by atoms with E-state index in [0.29, 0.717) is 5.69 Å². The second-order valence-corrected chi connectivity index (χ2v) is 8.39. The Balaban J connectivity index is 2.52. The van der Waals surface area contributed by atoms with Gasteiger partial charge in [-0.25, -0.2) is 0 Å². The van der Waals surface area contributed by atoms with Gasteiger partial charge in [0.2, 0.25) is 5.91 Å². The lowest BCUT2D eigenvalue weighted by atomic mass is 9.99. The molecule has 2 unspecified atom stereocenters. The van der Waals surface area contributed by atoms with Gasteiger partial charge < -0.3 is 9.45 Å². The molecular formula is C22H29N2O3S-. The summed E-state index contributed by atoms with van der Waals surface area (Å²) in [6.45, 7) is 11.6. The van der Waals surface area contributed by atoms with Crippen molar-refractivity contribution in [3.63, 3.8) is 0 Å². The normalized spacial score (nSPS) is 13.3. The van der Waals surface area contributed by atoms with Crippen molar-refractivity contribution >= 4 is 28.5 Å². The molecule has 0 saturated carbocycles. The highest BCUT2D eigenvalue weighted by atomic mass is 32.2. The molecule has 152 valence electrons. The molecule has 2 atom stereocenters. The Kier molecular flexibility index (Phi) is 7.38. The van der Waals surface area contributed by atoms with E-state index in [0.717, 1.165) is 22.4 Å². The van der Waals surface area contributed by atoms with Gasteiger partial charge >= 0.3 is 0 Å². The summed E-state index contributed by atoms with van der Waals surface area (Å²) in [5.41, 5.74) is 4.35. The average Bonchev–Trinajstić information content (AvgIpc) is 2.59. The third-order valence-electron chi connectivity index (χ3n) is 4.90. The molecule has 2 rings (SSSR count). The van der Waals surface area contributed by atoms with Crippen LogP contribution in [0.3, 0.4) is 0 Å². The van der Waals surface area contributed by atoms with Gasteiger partial charge in [-0.1, -0.05) is 49.7 Å². The first kappa shape index (κ1) is 22.1. The summed E-state index contributed by atoms with van der Waals surface area (Å²) in [5.74, 6) is -0.116. The Hall–Kier alpha value is -2.18. The maximum Gasteiger partial charge on any atom is 0.223 e. The van der Waals surface area contributed by atoms with Gasteiger partial charge in [0.25, 0.3) is 0 Å². The van der Waals surface area contributed by atoms with Crippen molar-refractivity contribution in [1.29, 1.82) is 0 Å². The Morgan fingerprint density at radius 3 is 2.04 bits per heavy atom. The maximum absolute atomic E-state index is 12.4. The smallest absolute Gasteiger partial charge is 0.223 e. The number of nitrogens with zero attached hydrogens (tertiary/aromatic N) is 2. The molecule has 28 heavy (non-hydrogen) atoms. The van der Waals surface area contributed by atoms with Crippen molar-refractivity contribution in [2.24, 2.45) is 5.92 Å². The molecule has 2 aromatic rings. The fourth-order valence-corrected chi connectivity index (χ4v) is 4.61. The Morgan fingerprint density at radius 2 is 1.61 bits per heavy atom. The molecule has 0 aromatic heterocycles. The van der Waals surface area contributed by atoms with Crippen molar-refractivity contribution in [2.75, 3.05) is 15.7 Å². The lowest BCUT2D eigenvalue weighted by molar-refractivity contribution is -0.116. The summed E-state index contributed by atoms with van der Waals surface area (Å²) in [7, 11) is 0. The number of rotatable bonds is 7. The van der Waals surface area contributed by atoms with E-state index >= 15 is 0 Å². The molecule has 0 aliphatic carbocycles. The van der Waals surface area contributed by atoms with Crippen LogP contribution in [0.1, 0.15) is 37.5 Å². The van der Waals surface area contributed by atoms with Crippen LogP contribution >= 0.6 is 0 Å². The minimum atomic E-state index is -2.47. The van der Waals surface area contributed by atoms with Gasteiger partial charge in [0.1, 0.15) is 0 Å². The van der Waals surface area contributed by atoms with E-state index in [1.54, 1.807) is 4.90 Å². The van der Waals surface area contributed by atoms with Gasteiger partial charge in [-0.05, 0) is 49.9 Å². The number of hydrogen-bond donors (Lipinski definition) is 0. The summed E-state index contributed by atoms with van der Waals surface area (Å²) in [4.78, 5) is 14.0. The number of anilines is 2. The lowest BCUT2D eigenvalue weighted by Gasteiger charge is -2.41. The molecule has 0 heterocycles. The summed E-state index contributed by atoms with van der Waals surface area (Å²) in [5, 5.41) is 0. The molecule has 2 aromatic carbocycles. The molecule has 1 amide bonds. The number of carbonyl (C=O) groups excluding carboxylic acids is 1. The van der Waals surface area contributed by atoms with Crippen LogP contribution in [-0.2, 0) is 16.1 Å². The van der Waals surface area contributed by atoms with Crippen LogP contribution in [0.15, 0.2) is 42.5 Å². The van der Waals surface area contributed by atoms with Crippen LogP contribution in [0.4, 0.5) is 11.4 Å². The van der Waals surface area contributed by atoms with Crippen LogP contribution in [0, 0.1) is 26.7 Å². The molecule has 6 heteroatoms. The minimum Gasteiger partial charge on any atom is -0.755 e. The number of amides is 1. The van der Waals surface area contributed by atoms with E-state index in [4.69, 9.17) is 0 Å². The van der Waals surface area contributed by atoms with Crippen molar-refractivity contribution in [1.82, 2.24) is 0 Å². The van der Waals surface area contributed by atoms with Crippen LogP contribution in [0.5, 0.6) is 0 Å². The first-order valence-electron chi connectivity index (χ1n) is 9.43. The van der Waals surface area contributed by atoms with Crippen LogP contribution in [-0.4, -0.2) is 27.3 Å². The standard InChI is InChI=1S/C22H30N2O3S/c1-15(2)21(14-23(19(6)25)20-10-8-7-9-11-20)24(28(26)27)22-17(4)12-16(3)13-18(22)5/h7-13,15,21H,14H2,1-6H3,(H,26,27)/p-1.